The number of anilines is 1. The minimum atomic E-state index is -0.260. The van der Waals surface area contributed by atoms with Crippen LogP contribution in [0.2, 0.25) is 0 Å². The molecule has 0 aliphatic carbocycles. The van der Waals surface area contributed by atoms with Crippen molar-refractivity contribution in [1.29, 1.82) is 0 Å². The first-order valence-electron chi connectivity index (χ1n) is 9.19. The van der Waals surface area contributed by atoms with Crippen molar-refractivity contribution in [2.24, 2.45) is 0 Å². The fraction of sp³-hybridized carbons (Fsp3) is 0.227. The molecule has 0 radical (unpaired) electrons. The van der Waals surface area contributed by atoms with Crippen LogP contribution in [0.25, 0.3) is 0 Å². The van der Waals surface area contributed by atoms with E-state index in [4.69, 9.17) is 0 Å². The maximum absolute atomic E-state index is 12.9. The summed E-state index contributed by atoms with van der Waals surface area (Å²) in [6.45, 7) is 1.29. The number of aromatic nitrogens is 2. The number of rotatable bonds is 8. The van der Waals surface area contributed by atoms with E-state index in [1.807, 2.05) is 25.2 Å². The Morgan fingerprint density at radius 3 is 2.46 bits per heavy atom. The Hall–Kier alpha value is -3.28. The Kier molecular flexibility index (Phi) is 6.68. The first-order chi connectivity index (χ1) is 13.6. The van der Waals surface area contributed by atoms with Gasteiger partial charge in [0.25, 0.3) is 5.91 Å². The lowest BCUT2D eigenvalue weighted by Crippen LogP contribution is -2.26. The molecular weight excluding hydrogens is 355 g/mol. The minimum absolute atomic E-state index is 0.168. The normalized spacial score (nSPS) is 10.5. The van der Waals surface area contributed by atoms with Crippen molar-refractivity contribution in [1.82, 2.24) is 15.3 Å². The van der Waals surface area contributed by atoms with Gasteiger partial charge in [-0.05, 0) is 54.3 Å². The Labute approximate surface area is 164 Å². The summed E-state index contributed by atoms with van der Waals surface area (Å²) < 4.78 is 12.9. The number of carbonyl (C=O) groups excluding carboxylic acids is 1. The average Bonchev–Trinajstić information content (AvgIpc) is 2.74. The zero-order chi connectivity index (χ0) is 19.8. The third kappa shape index (κ3) is 5.61. The summed E-state index contributed by atoms with van der Waals surface area (Å²) in [5.74, 6) is -0.428. The fourth-order valence-corrected chi connectivity index (χ4v) is 2.81. The first kappa shape index (κ1) is 19.5. The molecule has 0 saturated carbocycles. The van der Waals surface area contributed by atoms with Crippen LogP contribution in [-0.4, -0.2) is 36.0 Å². The summed E-state index contributed by atoms with van der Waals surface area (Å²) in [5.41, 5.74) is 3.60. The summed E-state index contributed by atoms with van der Waals surface area (Å²) in [6, 6.07) is 12.1. The first-order valence-corrected chi connectivity index (χ1v) is 9.19. The van der Waals surface area contributed by atoms with E-state index in [2.05, 4.69) is 20.2 Å². The standard InChI is InChI=1S/C22H23FN4O/c1-27(13-9-18-6-10-24-11-7-18)21-14-19(15-25-16-21)22(28)26-12-8-17-2-4-20(23)5-3-17/h2-7,10-11,14-16H,8-9,12-13H2,1H3,(H,26,28). The minimum Gasteiger partial charge on any atom is -0.373 e. The summed E-state index contributed by atoms with van der Waals surface area (Å²) in [6.07, 6.45) is 8.41. The van der Waals surface area contributed by atoms with Crippen LogP contribution < -0.4 is 10.2 Å². The highest BCUT2D eigenvalue weighted by Gasteiger charge is 2.09. The molecule has 28 heavy (non-hydrogen) atoms. The molecule has 1 N–H and O–H groups in total. The summed E-state index contributed by atoms with van der Waals surface area (Å²) in [4.78, 5) is 22.7. The molecule has 0 spiro atoms. The Morgan fingerprint density at radius 2 is 1.71 bits per heavy atom. The number of carbonyl (C=O) groups is 1. The average molecular weight is 378 g/mol. The Morgan fingerprint density at radius 1 is 1.00 bits per heavy atom. The lowest BCUT2D eigenvalue weighted by atomic mass is 10.1. The van der Waals surface area contributed by atoms with E-state index in [1.165, 1.54) is 17.7 Å². The molecule has 3 aromatic rings. The Bertz CT molecular complexity index is 900. The van der Waals surface area contributed by atoms with E-state index in [0.29, 0.717) is 18.5 Å². The molecule has 0 saturated heterocycles. The van der Waals surface area contributed by atoms with E-state index < -0.39 is 0 Å². The van der Waals surface area contributed by atoms with Crippen molar-refractivity contribution >= 4 is 11.6 Å². The van der Waals surface area contributed by atoms with Crippen LogP contribution in [-0.2, 0) is 12.8 Å². The van der Waals surface area contributed by atoms with Gasteiger partial charge in [0.2, 0.25) is 0 Å². The zero-order valence-corrected chi connectivity index (χ0v) is 15.8. The molecular formula is C22H23FN4O. The maximum Gasteiger partial charge on any atom is 0.252 e. The fourth-order valence-electron chi connectivity index (χ4n) is 2.81. The van der Waals surface area contributed by atoms with Crippen LogP contribution in [0.5, 0.6) is 0 Å². The number of halogens is 1. The molecule has 2 aromatic heterocycles. The molecule has 1 amide bonds. The summed E-state index contributed by atoms with van der Waals surface area (Å²) in [5, 5.41) is 2.89. The lowest BCUT2D eigenvalue weighted by molar-refractivity contribution is 0.0954. The van der Waals surface area contributed by atoms with Gasteiger partial charge >= 0.3 is 0 Å². The molecule has 0 aliphatic rings. The molecule has 0 aliphatic heterocycles. The molecule has 3 rings (SSSR count). The predicted octanol–water partition coefficient (Wildman–Crippen LogP) is 3.27. The van der Waals surface area contributed by atoms with E-state index in [-0.39, 0.29) is 11.7 Å². The van der Waals surface area contributed by atoms with Crippen LogP contribution in [0.15, 0.2) is 67.3 Å². The second-order valence-corrected chi connectivity index (χ2v) is 6.59. The highest BCUT2D eigenvalue weighted by molar-refractivity contribution is 5.94. The number of benzene rings is 1. The SMILES string of the molecule is CN(CCc1ccncc1)c1cncc(C(=O)NCCc2ccc(F)cc2)c1. The number of nitrogens with zero attached hydrogens (tertiary/aromatic N) is 3. The summed E-state index contributed by atoms with van der Waals surface area (Å²) >= 11 is 0. The van der Waals surface area contributed by atoms with E-state index in [0.717, 1.165) is 24.2 Å². The van der Waals surface area contributed by atoms with Crippen LogP contribution in [0, 0.1) is 5.82 Å². The van der Waals surface area contributed by atoms with Gasteiger partial charge in [0.1, 0.15) is 5.82 Å². The summed E-state index contributed by atoms with van der Waals surface area (Å²) in [7, 11) is 1.98. The van der Waals surface area contributed by atoms with Crippen molar-refractivity contribution in [2.45, 2.75) is 12.8 Å². The number of hydrogen-bond donors (Lipinski definition) is 1. The van der Waals surface area contributed by atoms with Gasteiger partial charge in [-0.15, -0.1) is 0 Å². The van der Waals surface area contributed by atoms with Crippen LogP contribution in [0.1, 0.15) is 21.5 Å². The van der Waals surface area contributed by atoms with Crippen LogP contribution >= 0.6 is 0 Å². The molecule has 6 heteroatoms. The molecule has 0 atom stereocenters. The van der Waals surface area contributed by atoms with Gasteiger partial charge in [-0.2, -0.15) is 0 Å². The van der Waals surface area contributed by atoms with Gasteiger partial charge in [-0.1, -0.05) is 12.1 Å². The van der Waals surface area contributed by atoms with Crippen molar-refractivity contribution in [3.05, 3.63) is 89.8 Å². The zero-order valence-electron chi connectivity index (χ0n) is 15.8. The monoisotopic (exact) mass is 378 g/mol. The third-order valence-electron chi connectivity index (χ3n) is 4.52. The van der Waals surface area contributed by atoms with Crippen molar-refractivity contribution in [3.63, 3.8) is 0 Å². The van der Waals surface area contributed by atoms with Gasteiger partial charge < -0.3 is 10.2 Å². The van der Waals surface area contributed by atoms with Gasteiger partial charge in [0.15, 0.2) is 0 Å². The molecule has 2 heterocycles. The van der Waals surface area contributed by atoms with Crippen molar-refractivity contribution < 1.29 is 9.18 Å². The third-order valence-corrected chi connectivity index (χ3v) is 4.52. The quantitative estimate of drug-likeness (QED) is 0.654. The number of likely N-dealkylation sites (N-methyl/N-ethyl adjacent to an activating group) is 1. The van der Waals surface area contributed by atoms with Crippen molar-refractivity contribution in [2.75, 3.05) is 25.0 Å². The van der Waals surface area contributed by atoms with E-state index in [9.17, 15) is 9.18 Å². The van der Waals surface area contributed by atoms with Crippen molar-refractivity contribution in [3.8, 4) is 0 Å². The molecule has 5 nitrogen and oxygen atoms in total. The molecule has 0 fully saturated rings. The van der Waals surface area contributed by atoms with Gasteiger partial charge in [0, 0.05) is 38.7 Å². The van der Waals surface area contributed by atoms with Crippen LogP contribution in [0.4, 0.5) is 10.1 Å². The number of nitrogens with one attached hydrogen (secondary N) is 1. The number of hydrogen-bond acceptors (Lipinski definition) is 4. The second-order valence-electron chi connectivity index (χ2n) is 6.59. The topological polar surface area (TPSA) is 58.1 Å². The largest absolute Gasteiger partial charge is 0.373 e. The van der Waals surface area contributed by atoms with E-state index >= 15 is 0 Å². The molecule has 1 aromatic carbocycles. The van der Waals surface area contributed by atoms with Gasteiger partial charge in [-0.25, -0.2) is 4.39 Å². The molecule has 0 unspecified atom stereocenters. The molecule has 144 valence electrons. The second kappa shape index (κ2) is 9.60. The number of amides is 1. The van der Waals surface area contributed by atoms with Gasteiger partial charge in [0.05, 0.1) is 17.4 Å². The highest BCUT2D eigenvalue weighted by atomic mass is 19.1. The maximum atomic E-state index is 12.9. The highest BCUT2D eigenvalue weighted by Crippen LogP contribution is 2.14. The lowest BCUT2D eigenvalue weighted by Gasteiger charge is -2.19. The van der Waals surface area contributed by atoms with Gasteiger partial charge in [-0.3, -0.25) is 14.8 Å². The van der Waals surface area contributed by atoms with E-state index in [1.54, 1.807) is 36.9 Å². The number of pyridine rings is 2. The Balaban J connectivity index is 1.52. The molecule has 0 bridgehead atoms. The predicted molar refractivity (Wildman–Crippen MR) is 108 cm³/mol. The smallest absolute Gasteiger partial charge is 0.252 e. The van der Waals surface area contributed by atoms with Crippen LogP contribution in [0.3, 0.4) is 0 Å².